The third-order valence-corrected chi connectivity index (χ3v) is 7.95. The van der Waals surface area contributed by atoms with E-state index in [0.29, 0.717) is 5.56 Å². The minimum absolute atomic E-state index is 0.0482. The van der Waals surface area contributed by atoms with Gasteiger partial charge in [-0.2, -0.15) is 4.37 Å². The topological polar surface area (TPSA) is 78.4 Å². The highest BCUT2D eigenvalue weighted by Crippen LogP contribution is 2.37. The molecule has 0 aliphatic carbocycles. The number of piperidine rings is 1. The van der Waals surface area contributed by atoms with Crippen LogP contribution in [0.2, 0.25) is 0 Å². The van der Waals surface area contributed by atoms with E-state index in [1.807, 2.05) is 37.8 Å². The molecule has 2 saturated heterocycles. The third kappa shape index (κ3) is 4.27. The maximum absolute atomic E-state index is 13.4. The Morgan fingerprint density at radius 1 is 1.06 bits per heavy atom. The Morgan fingerprint density at radius 3 is 2.53 bits per heavy atom. The molecule has 0 radical (unpaired) electrons. The number of amides is 2. The van der Waals surface area contributed by atoms with Gasteiger partial charge < -0.3 is 15.1 Å². The molecule has 1 N–H and O–H groups in total. The molecule has 178 valence electrons. The predicted molar refractivity (Wildman–Crippen MR) is 137 cm³/mol. The molecule has 0 saturated carbocycles. The number of nitrogens with one attached hydrogen (secondary N) is 1. The van der Waals surface area contributed by atoms with Crippen LogP contribution in [0.5, 0.6) is 0 Å². The van der Waals surface area contributed by atoms with Crippen LogP contribution in [0.3, 0.4) is 0 Å². The number of benzene rings is 1. The quantitative estimate of drug-likeness (QED) is 0.589. The lowest BCUT2D eigenvalue weighted by molar-refractivity contribution is -0.120. The molecule has 2 amide bonds. The Hall–Kier alpha value is -3.00. The van der Waals surface area contributed by atoms with Crippen molar-refractivity contribution in [2.45, 2.75) is 46.5 Å². The van der Waals surface area contributed by atoms with Gasteiger partial charge in [-0.1, -0.05) is 12.1 Å². The average Bonchev–Trinajstić information content (AvgIpc) is 3.51. The van der Waals surface area contributed by atoms with Gasteiger partial charge in [0.05, 0.1) is 22.3 Å². The van der Waals surface area contributed by atoms with Gasteiger partial charge in [0.15, 0.2) is 0 Å². The van der Waals surface area contributed by atoms with Crippen molar-refractivity contribution < 1.29 is 9.59 Å². The largest absolute Gasteiger partial charge is 0.370 e. The first-order chi connectivity index (χ1) is 16.4. The van der Waals surface area contributed by atoms with Crippen molar-refractivity contribution in [3.05, 3.63) is 46.8 Å². The SMILES string of the molecule is Cc1ccc(C)c(NC(=O)C2CCN(c3c(C(=O)N4CCCC4)cnc4snc(C)c34)CC2)c1. The van der Waals surface area contributed by atoms with Crippen LogP contribution in [0.4, 0.5) is 11.4 Å². The highest BCUT2D eigenvalue weighted by atomic mass is 32.1. The van der Waals surface area contributed by atoms with Crippen LogP contribution >= 0.6 is 11.5 Å². The van der Waals surface area contributed by atoms with Crippen molar-refractivity contribution in [3.8, 4) is 0 Å². The van der Waals surface area contributed by atoms with E-state index >= 15 is 0 Å². The number of carbonyl (C=O) groups is 2. The number of aryl methyl sites for hydroxylation is 3. The van der Waals surface area contributed by atoms with Crippen molar-refractivity contribution in [1.29, 1.82) is 0 Å². The lowest BCUT2D eigenvalue weighted by Crippen LogP contribution is -2.39. The summed E-state index contributed by atoms with van der Waals surface area (Å²) in [4.78, 5) is 36.1. The number of likely N-dealkylation sites (tertiary alicyclic amines) is 1. The van der Waals surface area contributed by atoms with Gasteiger partial charge in [0, 0.05) is 44.0 Å². The summed E-state index contributed by atoms with van der Waals surface area (Å²) in [5, 5.41) is 4.12. The Labute approximate surface area is 204 Å². The Morgan fingerprint density at radius 2 is 1.79 bits per heavy atom. The van der Waals surface area contributed by atoms with Crippen LogP contribution in [0, 0.1) is 26.7 Å². The van der Waals surface area contributed by atoms with Crippen LogP contribution in [0.25, 0.3) is 10.2 Å². The molecule has 2 fully saturated rings. The minimum Gasteiger partial charge on any atom is -0.370 e. The number of rotatable bonds is 4. The summed E-state index contributed by atoms with van der Waals surface area (Å²) in [5.41, 5.74) is 5.61. The molecule has 34 heavy (non-hydrogen) atoms. The van der Waals surface area contributed by atoms with Crippen LogP contribution in [0.15, 0.2) is 24.4 Å². The van der Waals surface area contributed by atoms with E-state index < -0.39 is 0 Å². The smallest absolute Gasteiger partial charge is 0.257 e. The number of hydrogen-bond acceptors (Lipinski definition) is 6. The van der Waals surface area contributed by atoms with E-state index in [9.17, 15) is 9.59 Å². The summed E-state index contributed by atoms with van der Waals surface area (Å²) in [7, 11) is 0. The van der Waals surface area contributed by atoms with Crippen LogP contribution < -0.4 is 10.2 Å². The van der Waals surface area contributed by atoms with Crippen LogP contribution in [0.1, 0.15) is 52.9 Å². The number of anilines is 2. The molecule has 7 nitrogen and oxygen atoms in total. The molecule has 0 unspecified atom stereocenters. The summed E-state index contributed by atoms with van der Waals surface area (Å²) in [6, 6.07) is 6.12. The van der Waals surface area contributed by atoms with Gasteiger partial charge in [-0.15, -0.1) is 0 Å². The molecule has 0 spiro atoms. The fourth-order valence-corrected chi connectivity index (χ4v) is 5.83. The van der Waals surface area contributed by atoms with E-state index in [2.05, 4.69) is 25.6 Å². The van der Waals surface area contributed by atoms with Crippen molar-refractivity contribution in [2.75, 3.05) is 36.4 Å². The molecular formula is C26H31N5O2S. The van der Waals surface area contributed by atoms with Gasteiger partial charge in [-0.25, -0.2) is 4.98 Å². The molecule has 0 atom stereocenters. The lowest BCUT2D eigenvalue weighted by Gasteiger charge is -2.35. The van der Waals surface area contributed by atoms with E-state index in [0.717, 1.165) is 90.3 Å². The van der Waals surface area contributed by atoms with Gasteiger partial charge in [0.25, 0.3) is 5.91 Å². The average molecular weight is 478 g/mol. The second kappa shape index (κ2) is 9.33. The molecule has 8 heteroatoms. The highest BCUT2D eigenvalue weighted by Gasteiger charge is 2.31. The molecule has 5 rings (SSSR count). The van der Waals surface area contributed by atoms with Crippen LogP contribution in [-0.2, 0) is 4.79 Å². The lowest BCUT2D eigenvalue weighted by atomic mass is 9.94. The zero-order valence-electron chi connectivity index (χ0n) is 20.1. The van der Waals surface area contributed by atoms with Crippen molar-refractivity contribution in [3.63, 3.8) is 0 Å². The Balaban J connectivity index is 1.37. The fourth-order valence-electron chi connectivity index (χ4n) is 5.08. The highest BCUT2D eigenvalue weighted by molar-refractivity contribution is 7.13. The first-order valence-electron chi connectivity index (χ1n) is 12.1. The summed E-state index contributed by atoms with van der Waals surface area (Å²) in [5.74, 6) is 0.0881. The van der Waals surface area contributed by atoms with Crippen molar-refractivity contribution in [1.82, 2.24) is 14.3 Å². The maximum Gasteiger partial charge on any atom is 0.257 e. The maximum atomic E-state index is 13.4. The number of hydrogen-bond donors (Lipinski definition) is 1. The molecule has 3 aromatic rings. The minimum atomic E-state index is -0.0482. The number of carbonyl (C=O) groups excluding carboxylic acids is 2. The molecule has 1 aromatic carbocycles. The fraction of sp³-hybridized carbons (Fsp3) is 0.462. The second-order valence-corrected chi connectivity index (χ2v) is 10.3. The summed E-state index contributed by atoms with van der Waals surface area (Å²) in [6.07, 6.45) is 5.32. The molecule has 0 bridgehead atoms. The standard InChI is InChI=1S/C26H31N5O2S/c1-16-6-7-17(2)21(14-16)28-24(32)19-8-12-30(13-9-19)23-20(26(33)31-10-4-5-11-31)15-27-25-22(23)18(3)29-34-25/h6-7,14-15,19H,4-5,8-13H2,1-3H3,(H,28,32). The number of fused-ring (bicyclic) bond motifs is 1. The predicted octanol–water partition coefficient (Wildman–Crippen LogP) is 4.71. The molecular weight excluding hydrogens is 446 g/mol. The first kappa shape index (κ1) is 22.8. The van der Waals surface area contributed by atoms with E-state index in [1.165, 1.54) is 11.5 Å². The van der Waals surface area contributed by atoms with E-state index in [1.54, 1.807) is 6.20 Å². The zero-order valence-corrected chi connectivity index (χ0v) is 20.9. The molecule has 4 heterocycles. The normalized spacial score (nSPS) is 16.9. The van der Waals surface area contributed by atoms with Gasteiger partial charge in [-0.3, -0.25) is 9.59 Å². The summed E-state index contributed by atoms with van der Waals surface area (Å²) in [6.45, 7) is 9.08. The summed E-state index contributed by atoms with van der Waals surface area (Å²) < 4.78 is 4.52. The van der Waals surface area contributed by atoms with E-state index in [4.69, 9.17) is 0 Å². The molecule has 2 aliphatic rings. The monoisotopic (exact) mass is 477 g/mol. The van der Waals surface area contributed by atoms with Gasteiger partial charge in [0.2, 0.25) is 5.91 Å². The first-order valence-corrected chi connectivity index (χ1v) is 12.9. The number of nitrogens with zero attached hydrogens (tertiary/aromatic N) is 4. The zero-order chi connectivity index (χ0) is 23.8. The molecule has 2 aliphatic heterocycles. The van der Waals surface area contributed by atoms with E-state index in [-0.39, 0.29) is 17.7 Å². The third-order valence-electron chi connectivity index (χ3n) is 7.10. The van der Waals surface area contributed by atoms with Crippen molar-refractivity contribution >= 4 is 44.9 Å². The van der Waals surface area contributed by atoms with Crippen molar-refractivity contribution in [2.24, 2.45) is 5.92 Å². The summed E-state index contributed by atoms with van der Waals surface area (Å²) >= 11 is 1.38. The Kier molecular flexibility index (Phi) is 6.25. The Bertz CT molecular complexity index is 1240. The van der Waals surface area contributed by atoms with Gasteiger partial charge in [-0.05, 0) is 75.2 Å². The number of pyridine rings is 1. The van der Waals surface area contributed by atoms with Crippen LogP contribution in [-0.4, -0.2) is 52.3 Å². The second-order valence-electron chi connectivity index (χ2n) is 9.54. The molecule has 2 aromatic heterocycles. The van der Waals surface area contributed by atoms with Gasteiger partial charge >= 0.3 is 0 Å². The number of aromatic nitrogens is 2. The van der Waals surface area contributed by atoms with Gasteiger partial charge in [0.1, 0.15) is 4.83 Å².